The van der Waals surface area contributed by atoms with Crippen molar-refractivity contribution in [1.82, 2.24) is 0 Å². The molecular weight excluding hydrogens is 240 g/mol. The van der Waals surface area contributed by atoms with Gasteiger partial charge in [0.1, 0.15) is 0 Å². The summed E-state index contributed by atoms with van der Waals surface area (Å²) in [4.78, 5) is 22.9. The molecular formula is C16H24O3. The third kappa shape index (κ3) is 8.36. The van der Waals surface area contributed by atoms with Gasteiger partial charge in [0.2, 0.25) is 0 Å². The molecule has 0 aliphatic carbocycles. The van der Waals surface area contributed by atoms with Crippen molar-refractivity contribution in [2.75, 3.05) is 0 Å². The van der Waals surface area contributed by atoms with Crippen LogP contribution in [0.15, 0.2) is 24.3 Å². The zero-order valence-electron chi connectivity index (χ0n) is 11.8. The van der Waals surface area contributed by atoms with Gasteiger partial charge in [-0.25, -0.2) is 4.79 Å². The first-order valence-electron chi connectivity index (χ1n) is 7.27. The van der Waals surface area contributed by atoms with Crippen LogP contribution < -0.4 is 0 Å². The van der Waals surface area contributed by atoms with Gasteiger partial charge in [-0.2, -0.15) is 0 Å². The number of esters is 1. The van der Waals surface area contributed by atoms with Crippen LogP contribution in [0.2, 0.25) is 0 Å². The fourth-order valence-electron chi connectivity index (χ4n) is 2.10. The molecule has 1 aliphatic rings. The van der Waals surface area contributed by atoms with E-state index in [0.717, 1.165) is 25.7 Å². The quantitative estimate of drug-likeness (QED) is 0.626. The van der Waals surface area contributed by atoms with Gasteiger partial charge in [0.15, 0.2) is 5.78 Å². The lowest BCUT2D eigenvalue weighted by molar-refractivity contribution is -0.142. The summed E-state index contributed by atoms with van der Waals surface area (Å²) in [6.45, 7) is 1.90. The van der Waals surface area contributed by atoms with Crippen LogP contribution in [0.25, 0.3) is 0 Å². The van der Waals surface area contributed by atoms with Crippen molar-refractivity contribution >= 4 is 11.8 Å². The lowest BCUT2D eigenvalue weighted by atomic mass is 10.1. The number of carbonyl (C=O) groups is 2. The molecule has 19 heavy (non-hydrogen) atoms. The molecule has 0 spiro atoms. The maximum absolute atomic E-state index is 11.4. The number of allylic oxidation sites excluding steroid dienone is 3. The zero-order chi connectivity index (χ0) is 13.9. The second-order valence-corrected chi connectivity index (χ2v) is 5.08. The third-order valence-electron chi connectivity index (χ3n) is 3.21. The highest BCUT2D eigenvalue weighted by molar-refractivity contribution is 6.02. The first-order valence-corrected chi connectivity index (χ1v) is 7.27. The van der Waals surface area contributed by atoms with E-state index in [1.165, 1.54) is 43.9 Å². The maximum atomic E-state index is 11.4. The van der Waals surface area contributed by atoms with Crippen molar-refractivity contribution in [1.29, 1.82) is 0 Å². The van der Waals surface area contributed by atoms with Gasteiger partial charge in [0.25, 0.3) is 0 Å². The Kier molecular flexibility index (Phi) is 7.87. The van der Waals surface area contributed by atoms with E-state index in [2.05, 4.69) is 0 Å². The van der Waals surface area contributed by atoms with E-state index in [4.69, 9.17) is 4.74 Å². The minimum Gasteiger partial charge on any atom is -0.460 e. The average molecular weight is 264 g/mol. The molecule has 0 fully saturated rings. The number of ketones is 1. The van der Waals surface area contributed by atoms with E-state index >= 15 is 0 Å². The summed E-state index contributed by atoms with van der Waals surface area (Å²) in [6.07, 6.45) is 14.8. The van der Waals surface area contributed by atoms with Gasteiger partial charge in [0.05, 0.1) is 6.10 Å². The second-order valence-electron chi connectivity index (χ2n) is 5.08. The number of hydrogen-bond acceptors (Lipinski definition) is 3. The summed E-state index contributed by atoms with van der Waals surface area (Å²) in [6, 6.07) is 0. The van der Waals surface area contributed by atoms with E-state index in [1.54, 1.807) is 0 Å². The molecule has 106 valence electrons. The molecule has 0 aromatic rings. The van der Waals surface area contributed by atoms with Crippen molar-refractivity contribution in [3.63, 3.8) is 0 Å². The van der Waals surface area contributed by atoms with E-state index in [-0.39, 0.29) is 11.9 Å². The predicted molar refractivity (Wildman–Crippen MR) is 75.8 cm³/mol. The molecule has 3 nitrogen and oxygen atoms in total. The molecule has 1 unspecified atom stereocenters. The van der Waals surface area contributed by atoms with Crippen LogP contribution in [-0.2, 0) is 14.3 Å². The van der Waals surface area contributed by atoms with E-state index < -0.39 is 5.97 Å². The lowest BCUT2D eigenvalue weighted by Crippen LogP contribution is -2.13. The fourth-order valence-corrected chi connectivity index (χ4v) is 2.10. The van der Waals surface area contributed by atoms with E-state index in [0.29, 0.717) is 0 Å². The SMILES string of the molecule is CC1CCCCCCCC/C=C/C(=O)/C=C\C(=O)O1. The minimum atomic E-state index is -0.429. The van der Waals surface area contributed by atoms with E-state index in [1.807, 2.05) is 13.0 Å². The molecule has 0 saturated heterocycles. The van der Waals surface area contributed by atoms with Crippen molar-refractivity contribution < 1.29 is 14.3 Å². The average Bonchev–Trinajstić information content (AvgIpc) is 2.37. The summed E-state index contributed by atoms with van der Waals surface area (Å²) in [5.41, 5.74) is 0. The Bertz CT molecular complexity index is 342. The number of cyclic esters (lactones) is 1. The first-order chi connectivity index (χ1) is 9.18. The molecule has 0 amide bonds. The van der Waals surface area contributed by atoms with Crippen LogP contribution in [0.1, 0.15) is 58.3 Å². The summed E-state index contributed by atoms with van der Waals surface area (Å²) in [5.74, 6) is -0.585. The largest absolute Gasteiger partial charge is 0.460 e. The van der Waals surface area contributed by atoms with Crippen LogP contribution in [0.3, 0.4) is 0 Å². The predicted octanol–water partition coefficient (Wildman–Crippen LogP) is 3.73. The van der Waals surface area contributed by atoms with Crippen LogP contribution >= 0.6 is 0 Å². The molecule has 0 saturated carbocycles. The Labute approximate surface area is 115 Å². The summed E-state index contributed by atoms with van der Waals surface area (Å²) < 4.78 is 5.20. The molecule has 0 bridgehead atoms. The van der Waals surface area contributed by atoms with Crippen LogP contribution in [0, 0.1) is 0 Å². The molecule has 1 heterocycles. The molecule has 0 aromatic heterocycles. The first kappa shape index (κ1) is 15.7. The Morgan fingerprint density at radius 1 is 0.947 bits per heavy atom. The van der Waals surface area contributed by atoms with Crippen LogP contribution in [-0.4, -0.2) is 17.9 Å². The van der Waals surface area contributed by atoms with Gasteiger partial charge in [-0.15, -0.1) is 0 Å². The molecule has 0 aromatic carbocycles. The van der Waals surface area contributed by atoms with Gasteiger partial charge < -0.3 is 4.74 Å². The number of hydrogen-bond donors (Lipinski definition) is 0. The zero-order valence-corrected chi connectivity index (χ0v) is 11.8. The normalized spacial score (nSPS) is 27.5. The van der Waals surface area contributed by atoms with Crippen molar-refractivity contribution in [2.45, 2.75) is 64.4 Å². The number of carbonyl (C=O) groups excluding carboxylic acids is 2. The standard InChI is InChI=1S/C16H24O3/c1-14-10-8-6-4-2-3-5-7-9-11-15(17)12-13-16(18)19-14/h9,11-14H,2-8,10H2,1H3/b11-9+,13-12-. The third-order valence-corrected chi connectivity index (χ3v) is 3.21. The van der Waals surface area contributed by atoms with Crippen molar-refractivity contribution in [3.8, 4) is 0 Å². The highest BCUT2D eigenvalue weighted by Crippen LogP contribution is 2.11. The number of ether oxygens (including phenoxy) is 1. The van der Waals surface area contributed by atoms with Gasteiger partial charge >= 0.3 is 5.97 Å². The van der Waals surface area contributed by atoms with E-state index in [9.17, 15) is 9.59 Å². The van der Waals surface area contributed by atoms with Gasteiger partial charge in [-0.3, -0.25) is 4.79 Å². The highest BCUT2D eigenvalue weighted by Gasteiger charge is 2.07. The van der Waals surface area contributed by atoms with Crippen LogP contribution in [0.4, 0.5) is 0 Å². The second kappa shape index (κ2) is 9.54. The smallest absolute Gasteiger partial charge is 0.331 e. The van der Waals surface area contributed by atoms with Gasteiger partial charge in [-0.05, 0) is 44.8 Å². The Hall–Kier alpha value is -1.38. The highest BCUT2D eigenvalue weighted by atomic mass is 16.5. The molecule has 1 atom stereocenters. The van der Waals surface area contributed by atoms with Crippen molar-refractivity contribution in [2.24, 2.45) is 0 Å². The molecule has 3 heteroatoms. The Morgan fingerprint density at radius 2 is 1.63 bits per heavy atom. The fraction of sp³-hybridized carbons (Fsp3) is 0.625. The Morgan fingerprint density at radius 3 is 2.42 bits per heavy atom. The summed E-state index contributed by atoms with van der Waals surface area (Å²) in [7, 11) is 0. The monoisotopic (exact) mass is 264 g/mol. The Balaban J connectivity index is 2.50. The van der Waals surface area contributed by atoms with Gasteiger partial charge in [-0.1, -0.05) is 31.8 Å². The molecule has 0 N–H and O–H groups in total. The molecule has 1 aliphatic heterocycles. The lowest BCUT2D eigenvalue weighted by Gasteiger charge is -2.11. The minimum absolute atomic E-state index is 0.0734. The van der Waals surface area contributed by atoms with Crippen LogP contribution in [0.5, 0.6) is 0 Å². The number of rotatable bonds is 0. The summed E-state index contributed by atoms with van der Waals surface area (Å²) in [5, 5.41) is 0. The van der Waals surface area contributed by atoms with Gasteiger partial charge in [0, 0.05) is 6.08 Å². The molecule has 1 rings (SSSR count). The summed E-state index contributed by atoms with van der Waals surface area (Å²) >= 11 is 0. The maximum Gasteiger partial charge on any atom is 0.331 e. The molecule has 0 radical (unpaired) electrons. The topological polar surface area (TPSA) is 43.4 Å². The van der Waals surface area contributed by atoms with Crippen molar-refractivity contribution in [3.05, 3.63) is 24.3 Å².